The van der Waals surface area contributed by atoms with Crippen molar-refractivity contribution in [3.8, 4) is 0 Å². The summed E-state index contributed by atoms with van der Waals surface area (Å²) in [6, 6.07) is 0.552. The van der Waals surface area contributed by atoms with E-state index in [1.54, 1.807) is 0 Å². The van der Waals surface area contributed by atoms with Crippen molar-refractivity contribution in [2.45, 2.75) is 25.1 Å². The summed E-state index contributed by atoms with van der Waals surface area (Å²) < 4.78 is 52.0. The number of rotatable bonds is 4. The largest absolute Gasteiger partial charge is 0.416 e. The van der Waals surface area contributed by atoms with Crippen molar-refractivity contribution in [2.24, 2.45) is 5.73 Å². The Kier molecular flexibility index (Phi) is 6.83. The fourth-order valence-corrected chi connectivity index (χ4v) is 1.78. The minimum atomic E-state index is -4.66. The Labute approximate surface area is 119 Å². The topological polar surface area (TPSA) is 26.0 Å². The Balaban J connectivity index is 0.00000324. The first-order valence-electron chi connectivity index (χ1n) is 5.20. The van der Waals surface area contributed by atoms with Gasteiger partial charge in [-0.2, -0.15) is 13.2 Å². The molecule has 0 saturated heterocycles. The summed E-state index contributed by atoms with van der Waals surface area (Å²) in [5, 5.41) is -0.368. The second-order valence-corrected chi connectivity index (χ2v) is 4.20. The Hall–Kier alpha value is -0.780. The van der Waals surface area contributed by atoms with Crippen LogP contribution in [-0.4, -0.2) is 0 Å². The molecule has 0 aliphatic rings. The molecule has 1 aromatic rings. The quantitative estimate of drug-likeness (QED) is 0.621. The number of benzene rings is 1. The first kappa shape index (κ1) is 18.2. The maximum Gasteiger partial charge on any atom is 0.416 e. The van der Waals surface area contributed by atoms with E-state index in [9.17, 15) is 17.6 Å². The van der Waals surface area contributed by atoms with Crippen LogP contribution >= 0.6 is 24.0 Å². The van der Waals surface area contributed by atoms with Crippen molar-refractivity contribution in [2.75, 3.05) is 0 Å². The van der Waals surface area contributed by atoms with Crippen LogP contribution in [0.3, 0.4) is 0 Å². The summed E-state index contributed by atoms with van der Waals surface area (Å²) in [5.41, 5.74) is 3.93. The average molecular weight is 318 g/mol. The van der Waals surface area contributed by atoms with Crippen molar-refractivity contribution in [3.05, 3.63) is 46.8 Å². The van der Waals surface area contributed by atoms with Gasteiger partial charge < -0.3 is 5.73 Å². The van der Waals surface area contributed by atoms with Gasteiger partial charge in [-0.05, 0) is 25.0 Å². The second kappa shape index (κ2) is 7.12. The molecular weight excluding hydrogens is 305 g/mol. The molecule has 1 rings (SSSR count). The van der Waals surface area contributed by atoms with Crippen molar-refractivity contribution in [1.82, 2.24) is 0 Å². The minimum Gasteiger partial charge on any atom is -0.324 e. The summed E-state index contributed by atoms with van der Waals surface area (Å²) in [4.78, 5) is 0. The van der Waals surface area contributed by atoms with Crippen LogP contribution in [0.15, 0.2) is 24.8 Å². The molecule has 0 aromatic heterocycles. The molecule has 1 aromatic carbocycles. The molecule has 1 atom stereocenters. The standard InChI is InChI=1S/C12H12ClF4N.ClH/c1-2-3-4-9(18)10-7(12(15,16)17)5-6-8(13)11(10)14;/h2,5-6,9H,1,3-4,18H2;1H/t9-;/m0./s1. The smallest absolute Gasteiger partial charge is 0.324 e. The first-order chi connectivity index (χ1) is 8.29. The molecule has 0 fully saturated rings. The minimum absolute atomic E-state index is 0. The van der Waals surface area contributed by atoms with Gasteiger partial charge in [-0.25, -0.2) is 4.39 Å². The lowest BCUT2D eigenvalue weighted by Crippen LogP contribution is -2.19. The number of allylic oxidation sites excluding steroid dienone is 1. The molecule has 1 nitrogen and oxygen atoms in total. The molecule has 0 amide bonds. The Morgan fingerprint density at radius 2 is 1.95 bits per heavy atom. The molecule has 0 spiro atoms. The highest BCUT2D eigenvalue weighted by atomic mass is 35.5. The fourth-order valence-electron chi connectivity index (χ4n) is 1.62. The molecule has 0 bridgehead atoms. The van der Waals surface area contributed by atoms with E-state index in [-0.39, 0.29) is 23.9 Å². The third-order valence-electron chi connectivity index (χ3n) is 2.49. The molecule has 0 radical (unpaired) electrons. The molecule has 0 unspecified atom stereocenters. The first-order valence-corrected chi connectivity index (χ1v) is 5.58. The van der Waals surface area contributed by atoms with E-state index in [0.29, 0.717) is 6.42 Å². The molecule has 7 heteroatoms. The molecule has 0 heterocycles. The fraction of sp³-hybridized carbons (Fsp3) is 0.333. The van der Waals surface area contributed by atoms with Crippen LogP contribution in [0.1, 0.15) is 30.0 Å². The molecule has 0 aliphatic carbocycles. The number of halogens is 6. The van der Waals surface area contributed by atoms with E-state index in [0.717, 1.165) is 12.1 Å². The lowest BCUT2D eigenvalue weighted by molar-refractivity contribution is -0.138. The average Bonchev–Trinajstić information content (AvgIpc) is 2.27. The van der Waals surface area contributed by atoms with Crippen LogP contribution in [0.4, 0.5) is 17.6 Å². The molecule has 0 saturated carbocycles. The zero-order valence-electron chi connectivity index (χ0n) is 9.81. The van der Waals surface area contributed by atoms with Crippen molar-refractivity contribution in [3.63, 3.8) is 0 Å². The molecule has 19 heavy (non-hydrogen) atoms. The van der Waals surface area contributed by atoms with Gasteiger partial charge in [-0.1, -0.05) is 17.7 Å². The van der Waals surface area contributed by atoms with E-state index < -0.39 is 29.2 Å². The zero-order valence-corrected chi connectivity index (χ0v) is 11.4. The molecule has 0 aliphatic heterocycles. The van der Waals surface area contributed by atoms with Crippen LogP contribution in [0.2, 0.25) is 5.02 Å². The number of hydrogen-bond acceptors (Lipinski definition) is 1. The molecule has 2 N–H and O–H groups in total. The number of hydrogen-bond donors (Lipinski definition) is 1. The van der Waals surface area contributed by atoms with Gasteiger partial charge in [0.05, 0.1) is 10.6 Å². The maximum absolute atomic E-state index is 13.7. The molecular formula is C12H13Cl2F4N. The van der Waals surface area contributed by atoms with Crippen molar-refractivity contribution >= 4 is 24.0 Å². The van der Waals surface area contributed by atoms with Gasteiger partial charge in [0.1, 0.15) is 5.82 Å². The van der Waals surface area contributed by atoms with E-state index >= 15 is 0 Å². The highest BCUT2D eigenvalue weighted by Crippen LogP contribution is 2.38. The van der Waals surface area contributed by atoms with E-state index in [1.165, 1.54) is 6.08 Å². The second-order valence-electron chi connectivity index (χ2n) is 3.79. The van der Waals surface area contributed by atoms with Crippen molar-refractivity contribution in [1.29, 1.82) is 0 Å². The maximum atomic E-state index is 13.7. The van der Waals surface area contributed by atoms with Gasteiger partial charge in [0, 0.05) is 11.6 Å². The molecule has 108 valence electrons. The Morgan fingerprint density at radius 1 is 1.37 bits per heavy atom. The van der Waals surface area contributed by atoms with Crippen LogP contribution in [0, 0.1) is 5.82 Å². The van der Waals surface area contributed by atoms with Crippen LogP contribution < -0.4 is 5.73 Å². The highest BCUT2D eigenvalue weighted by molar-refractivity contribution is 6.30. The van der Waals surface area contributed by atoms with Gasteiger partial charge in [0.15, 0.2) is 0 Å². The predicted molar refractivity (Wildman–Crippen MR) is 70.0 cm³/mol. The summed E-state index contributed by atoms with van der Waals surface area (Å²) in [7, 11) is 0. The lowest BCUT2D eigenvalue weighted by Gasteiger charge is -2.19. The van der Waals surface area contributed by atoms with Gasteiger partial charge in [-0.15, -0.1) is 19.0 Å². The lowest BCUT2D eigenvalue weighted by atomic mass is 9.96. The summed E-state index contributed by atoms with van der Waals surface area (Å²) in [6.07, 6.45) is -2.59. The van der Waals surface area contributed by atoms with Gasteiger partial charge in [0.25, 0.3) is 0 Å². The zero-order chi connectivity index (χ0) is 13.9. The Bertz CT molecular complexity index is 446. The third-order valence-corrected chi connectivity index (χ3v) is 2.78. The van der Waals surface area contributed by atoms with E-state index in [2.05, 4.69) is 6.58 Å². The summed E-state index contributed by atoms with van der Waals surface area (Å²) in [5.74, 6) is -1.11. The third kappa shape index (κ3) is 4.37. The van der Waals surface area contributed by atoms with E-state index in [1.807, 2.05) is 0 Å². The Morgan fingerprint density at radius 3 is 2.42 bits per heavy atom. The van der Waals surface area contributed by atoms with Gasteiger partial charge >= 0.3 is 6.18 Å². The monoisotopic (exact) mass is 317 g/mol. The summed E-state index contributed by atoms with van der Waals surface area (Å²) >= 11 is 5.50. The van der Waals surface area contributed by atoms with Gasteiger partial charge in [0.2, 0.25) is 0 Å². The van der Waals surface area contributed by atoms with Crippen LogP contribution in [0.25, 0.3) is 0 Å². The van der Waals surface area contributed by atoms with E-state index in [4.69, 9.17) is 17.3 Å². The number of alkyl halides is 3. The normalized spacial score (nSPS) is 12.7. The predicted octanol–water partition coefficient (Wildman–Crippen LogP) is 4.89. The summed E-state index contributed by atoms with van der Waals surface area (Å²) in [6.45, 7) is 3.44. The van der Waals surface area contributed by atoms with Crippen LogP contribution in [-0.2, 0) is 6.18 Å². The number of nitrogens with two attached hydrogens (primary N) is 1. The van der Waals surface area contributed by atoms with Crippen LogP contribution in [0.5, 0.6) is 0 Å². The SMILES string of the molecule is C=CCC[C@H](N)c1c(C(F)(F)F)ccc(Cl)c1F.Cl. The van der Waals surface area contributed by atoms with Gasteiger partial charge in [-0.3, -0.25) is 0 Å². The highest BCUT2D eigenvalue weighted by Gasteiger charge is 2.36. The van der Waals surface area contributed by atoms with Crippen molar-refractivity contribution < 1.29 is 17.6 Å².